The zero-order valence-electron chi connectivity index (χ0n) is 9.54. The molecular weight excluding hydrogens is 268 g/mol. The molecule has 0 saturated carbocycles. The highest BCUT2D eigenvalue weighted by atomic mass is 19.1. The summed E-state index contributed by atoms with van der Waals surface area (Å²) in [7, 11) is 0.940. The van der Waals surface area contributed by atoms with Gasteiger partial charge in [0.1, 0.15) is 6.10 Å². The second kappa shape index (κ2) is 5.67. The summed E-state index contributed by atoms with van der Waals surface area (Å²) in [6, 6.07) is 0.913. The number of esters is 1. The molecule has 2 atom stereocenters. The minimum absolute atomic E-state index is 0.456. The third-order valence-electron chi connectivity index (χ3n) is 2.31. The second-order valence-corrected chi connectivity index (χ2v) is 3.50. The Labute approximate surface area is 105 Å². The summed E-state index contributed by atoms with van der Waals surface area (Å²) in [6.45, 7) is 0. The Hall–Kier alpha value is -2.13. The maximum atomic E-state index is 13.3. The molecule has 2 unspecified atom stereocenters. The number of nitro benzene ring substituents is 1. The number of carbonyl (C=O) groups is 1. The highest BCUT2D eigenvalue weighted by Crippen LogP contribution is 2.27. The second-order valence-electron chi connectivity index (χ2n) is 3.50. The number of rotatable bonds is 4. The molecule has 7 nitrogen and oxygen atoms in total. The number of hydrogen-bond donors (Lipinski definition) is 2. The molecule has 104 valence electrons. The van der Waals surface area contributed by atoms with Crippen LogP contribution in [-0.4, -0.2) is 34.3 Å². The molecule has 0 aliphatic carbocycles. The van der Waals surface area contributed by atoms with Gasteiger partial charge in [0.05, 0.1) is 12.0 Å². The Morgan fingerprint density at radius 1 is 1.37 bits per heavy atom. The predicted molar refractivity (Wildman–Crippen MR) is 56.0 cm³/mol. The van der Waals surface area contributed by atoms with Gasteiger partial charge >= 0.3 is 11.7 Å². The molecule has 1 aromatic rings. The maximum absolute atomic E-state index is 13.3. The number of ether oxygens (including phenoxy) is 1. The summed E-state index contributed by atoms with van der Waals surface area (Å²) < 4.78 is 30.7. The molecule has 0 bridgehead atoms. The summed E-state index contributed by atoms with van der Waals surface area (Å²) in [6.07, 6.45) is -4.04. The van der Waals surface area contributed by atoms with Crippen LogP contribution >= 0.6 is 0 Å². The van der Waals surface area contributed by atoms with E-state index in [9.17, 15) is 33.9 Å². The number of aliphatic hydroxyl groups excluding tert-OH is 2. The molecule has 0 fully saturated rings. The van der Waals surface area contributed by atoms with Crippen LogP contribution in [0.3, 0.4) is 0 Å². The molecule has 1 rings (SSSR count). The van der Waals surface area contributed by atoms with E-state index in [2.05, 4.69) is 4.74 Å². The molecule has 0 spiro atoms. The fourth-order valence-corrected chi connectivity index (χ4v) is 1.36. The molecule has 0 saturated heterocycles. The third kappa shape index (κ3) is 3.01. The summed E-state index contributed by atoms with van der Waals surface area (Å²) in [5.41, 5.74) is -1.91. The number of carbonyl (C=O) groups excluding carboxylic acids is 1. The van der Waals surface area contributed by atoms with Gasteiger partial charge in [-0.05, 0) is 17.7 Å². The van der Waals surface area contributed by atoms with Gasteiger partial charge in [-0.1, -0.05) is 0 Å². The first-order valence-electron chi connectivity index (χ1n) is 4.86. The van der Waals surface area contributed by atoms with Crippen molar-refractivity contribution >= 4 is 11.7 Å². The Bertz CT molecular complexity index is 498. The Morgan fingerprint density at radius 2 is 1.84 bits per heavy atom. The van der Waals surface area contributed by atoms with E-state index >= 15 is 0 Å². The summed E-state index contributed by atoms with van der Waals surface area (Å²) in [4.78, 5) is 20.0. The molecule has 0 heterocycles. The van der Waals surface area contributed by atoms with E-state index in [1.165, 1.54) is 0 Å². The molecular formula is C10H9F2NO6. The van der Waals surface area contributed by atoms with Gasteiger partial charge in [0.2, 0.25) is 11.6 Å². The SMILES string of the molecule is COC(=O)C(O)C(O)c1cc(F)c([N+](=O)[O-])c(F)c1. The average molecular weight is 277 g/mol. The summed E-state index contributed by atoms with van der Waals surface area (Å²) >= 11 is 0. The van der Waals surface area contributed by atoms with Crippen LogP contribution in [-0.2, 0) is 9.53 Å². The van der Waals surface area contributed by atoms with E-state index < -0.39 is 46.0 Å². The van der Waals surface area contributed by atoms with Gasteiger partial charge in [0.25, 0.3) is 0 Å². The molecule has 1 aromatic carbocycles. The Balaban J connectivity index is 3.16. The minimum Gasteiger partial charge on any atom is -0.467 e. The van der Waals surface area contributed by atoms with E-state index in [-0.39, 0.29) is 0 Å². The number of halogens is 2. The summed E-state index contributed by atoms with van der Waals surface area (Å²) in [5.74, 6) is -4.28. The minimum atomic E-state index is -2.06. The van der Waals surface area contributed by atoms with Crippen molar-refractivity contribution in [1.82, 2.24) is 0 Å². The zero-order chi connectivity index (χ0) is 14.7. The molecule has 0 aliphatic rings. The van der Waals surface area contributed by atoms with E-state index in [1.54, 1.807) is 0 Å². The van der Waals surface area contributed by atoms with Gasteiger partial charge in [-0.2, -0.15) is 8.78 Å². The van der Waals surface area contributed by atoms with Crippen molar-refractivity contribution < 1.29 is 33.4 Å². The lowest BCUT2D eigenvalue weighted by Gasteiger charge is -2.16. The van der Waals surface area contributed by atoms with Crippen LogP contribution in [0.25, 0.3) is 0 Å². The van der Waals surface area contributed by atoms with Crippen LogP contribution in [0, 0.1) is 21.7 Å². The normalized spacial score (nSPS) is 13.7. The van der Waals surface area contributed by atoms with Crippen molar-refractivity contribution in [2.24, 2.45) is 0 Å². The van der Waals surface area contributed by atoms with Crippen LogP contribution in [0.1, 0.15) is 11.7 Å². The van der Waals surface area contributed by atoms with Crippen LogP contribution in [0.15, 0.2) is 12.1 Å². The Kier molecular flexibility index (Phi) is 4.46. The first-order valence-corrected chi connectivity index (χ1v) is 4.86. The third-order valence-corrected chi connectivity index (χ3v) is 2.31. The topological polar surface area (TPSA) is 110 Å². The van der Waals surface area contributed by atoms with Crippen molar-refractivity contribution in [3.05, 3.63) is 39.4 Å². The number of benzene rings is 1. The van der Waals surface area contributed by atoms with Gasteiger partial charge in [0, 0.05) is 0 Å². The predicted octanol–water partition coefficient (Wildman–Crippen LogP) is 0.440. The van der Waals surface area contributed by atoms with Crippen molar-refractivity contribution in [1.29, 1.82) is 0 Å². The van der Waals surface area contributed by atoms with Crippen LogP contribution in [0.2, 0.25) is 0 Å². The number of nitro groups is 1. The molecule has 19 heavy (non-hydrogen) atoms. The van der Waals surface area contributed by atoms with E-state index in [4.69, 9.17) is 0 Å². The van der Waals surface area contributed by atoms with Crippen molar-refractivity contribution in [3.63, 3.8) is 0 Å². The highest BCUT2D eigenvalue weighted by Gasteiger charge is 2.30. The Morgan fingerprint density at radius 3 is 2.21 bits per heavy atom. The lowest BCUT2D eigenvalue weighted by atomic mass is 10.0. The highest BCUT2D eigenvalue weighted by molar-refractivity contribution is 5.75. The lowest BCUT2D eigenvalue weighted by Crippen LogP contribution is -2.29. The first kappa shape index (κ1) is 14.9. The number of methoxy groups -OCH3 is 1. The molecule has 0 amide bonds. The van der Waals surface area contributed by atoms with Crippen LogP contribution in [0.4, 0.5) is 14.5 Å². The van der Waals surface area contributed by atoms with Crippen molar-refractivity contribution in [2.45, 2.75) is 12.2 Å². The fraction of sp³-hybridized carbons (Fsp3) is 0.300. The van der Waals surface area contributed by atoms with Crippen molar-refractivity contribution in [2.75, 3.05) is 7.11 Å². The standard InChI is InChI=1S/C10H9F2NO6/c1-19-10(16)9(15)8(14)4-2-5(11)7(13(17)18)6(12)3-4/h2-3,8-9,14-15H,1H3. The summed E-state index contributed by atoms with van der Waals surface area (Å²) in [5, 5.41) is 29.2. The average Bonchev–Trinajstić information content (AvgIpc) is 2.34. The van der Waals surface area contributed by atoms with Gasteiger partial charge in [0.15, 0.2) is 6.10 Å². The smallest absolute Gasteiger partial charge is 0.340 e. The number of hydrogen-bond acceptors (Lipinski definition) is 6. The quantitative estimate of drug-likeness (QED) is 0.469. The number of nitrogens with zero attached hydrogens (tertiary/aromatic N) is 1. The van der Waals surface area contributed by atoms with E-state index in [1.807, 2.05) is 0 Å². The van der Waals surface area contributed by atoms with Gasteiger partial charge in [-0.25, -0.2) is 4.79 Å². The molecule has 0 radical (unpaired) electrons. The lowest BCUT2D eigenvalue weighted by molar-refractivity contribution is -0.390. The first-order chi connectivity index (χ1) is 8.79. The number of aliphatic hydroxyl groups is 2. The van der Waals surface area contributed by atoms with Gasteiger partial charge < -0.3 is 14.9 Å². The van der Waals surface area contributed by atoms with Gasteiger partial charge in [-0.15, -0.1) is 0 Å². The molecule has 2 N–H and O–H groups in total. The zero-order valence-corrected chi connectivity index (χ0v) is 9.54. The molecule has 0 aliphatic heterocycles. The van der Waals surface area contributed by atoms with Crippen LogP contribution < -0.4 is 0 Å². The van der Waals surface area contributed by atoms with Gasteiger partial charge in [-0.3, -0.25) is 10.1 Å². The van der Waals surface area contributed by atoms with Crippen molar-refractivity contribution in [3.8, 4) is 0 Å². The maximum Gasteiger partial charge on any atom is 0.340 e. The molecule has 9 heteroatoms. The van der Waals surface area contributed by atoms with E-state index in [0.29, 0.717) is 12.1 Å². The van der Waals surface area contributed by atoms with Crippen LogP contribution in [0.5, 0.6) is 0 Å². The van der Waals surface area contributed by atoms with E-state index in [0.717, 1.165) is 7.11 Å². The fourth-order valence-electron chi connectivity index (χ4n) is 1.36. The largest absolute Gasteiger partial charge is 0.467 e. The molecule has 0 aromatic heterocycles. The monoisotopic (exact) mass is 277 g/mol.